The highest BCUT2D eigenvalue weighted by Gasteiger charge is 2.26. The average molecular weight is 291 g/mol. The van der Waals surface area contributed by atoms with Crippen LogP contribution in [0, 0.1) is 0 Å². The molecule has 0 aromatic carbocycles. The maximum Gasteiger partial charge on any atom is 0.215 e. The fraction of sp³-hybridized carbons (Fsp3) is 1.00. The van der Waals surface area contributed by atoms with Crippen molar-refractivity contribution in [3.63, 3.8) is 0 Å². The van der Waals surface area contributed by atoms with Gasteiger partial charge in [0.2, 0.25) is 10.0 Å². The summed E-state index contributed by atoms with van der Waals surface area (Å²) in [4.78, 5) is 2.28. The summed E-state index contributed by atoms with van der Waals surface area (Å²) in [6, 6.07) is 0.546. The van der Waals surface area contributed by atoms with Gasteiger partial charge >= 0.3 is 0 Å². The van der Waals surface area contributed by atoms with Crippen molar-refractivity contribution >= 4 is 10.0 Å². The molecule has 114 valence electrons. The lowest BCUT2D eigenvalue weighted by molar-refractivity contribution is 0.268. The average Bonchev–Trinajstić information content (AvgIpc) is 2.39. The summed E-state index contributed by atoms with van der Waals surface area (Å²) in [7, 11) is -1.03. The Morgan fingerprint density at radius 3 is 2.68 bits per heavy atom. The highest BCUT2D eigenvalue weighted by Crippen LogP contribution is 2.10. The third kappa shape index (κ3) is 6.21. The molecule has 1 rings (SSSR count). The topological polar surface area (TPSA) is 61.4 Å². The number of nitrogens with zero attached hydrogens (tertiary/aromatic N) is 1. The van der Waals surface area contributed by atoms with E-state index in [9.17, 15) is 8.42 Å². The van der Waals surface area contributed by atoms with Crippen LogP contribution in [0.25, 0.3) is 0 Å². The summed E-state index contributed by atoms with van der Waals surface area (Å²) < 4.78 is 26.8. The Hall–Kier alpha value is -0.170. The monoisotopic (exact) mass is 291 g/mol. The molecule has 0 saturated carbocycles. The number of rotatable bonds is 8. The molecule has 0 spiro atoms. The smallest absolute Gasteiger partial charge is 0.215 e. The molecule has 1 fully saturated rings. The Morgan fingerprint density at radius 1 is 1.37 bits per heavy atom. The van der Waals surface area contributed by atoms with Gasteiger partial charge in [0.15, 0.2) is 0 Å². The second-order valence-corrected chi connectivity index (χ2v) is 7.73. The summed E-state index contributed by atoms with van der Waals surface area (Å²) in [6.07, 6.45) is 3.65. The zero-order valence-electron chi connectivity index (χ0n) is 12.5. The number of unbranched alkanes of at least 4 members (excludes halogenated alkanes) is 1. The van der Waals surface area contributed by atoms with E-state index in [-0.39, 0.29) is 5.25 Å². The fourth-order valence-corrected chi connectivity index (χ4v) is 3.64. The first kappa shape index (κ1) is 16.9. The number of piperidine rings is 1. The summed E-state index contributed by atoms with van der Waals surface area (Å²) in [5.74, 6) is 0. The van der Waals surface area contributed by atoms with Crippen molar-refractivity contribution in [2.75, 3.05) is 33.2 Å². The van der Waals surface area contributed by atoms with Gasteiger partial charge in [-0.05, 0) is 59.7 Å². The van der Waals surface area contributed by atoms with Crippen molar-refractivity contribution in [1.29, 1.82) is 0 Å². The first-order valence-corrected chi connectivity index (χ1v) is 8.87. The normalized spacial score (nSPS) is 21.2. The van der Waals surface area contributed by atoms with Gasteiger partial charge in [0.1, 0.15) is 0 Å². The second kappa shape index (κ2) is 8.19. The van der Waals surface area contributed by atoms with Crippen molar-refractivity contribution in [3.05, 3.63) is 0 Å². The number of sulfonamides is 1. The van der Waals surface area contributed by atoms with Crippen LogP contribution >= 0.6 is 0 Å². The van der Waals surface area contributed by atoms with Gasteiger partial charge in [0.05, 0.1) is 5.25 Å². The molecule has 1 atom stereocenters. The predicted octanol–water partition coefficient (Wildman–Crippen LogP) is 0.778. The molecule has 0 aliphatic carbocycles. The minimum atomic E-state index is -3.13. The molecule has 0 amide bonds. The molecule has 0 aromatic heterocycles. The van der Waals surface area contributed by atoms with Crippen LogP contribution in [0.1, 0.15) is 39.5 Å². The molecule has 0 aromatic rings. The van der Waals surface area contributed by atoms with E-state index >= 15 is 0 Å². The van der Waals surface area contributed by atoms with E-state index in [1.807, 2.05) is 0 Å². The SMILES string of the molecule is CC(C)N(C)CCCCNS(=O)(=O)C1CCCNC1. The lowest BCUT2D eigenvalue weighted by atomic mass is 10.2. The van der Waals surface area contributed by atoms with Gasteiger partial charge in [-0.15, -0.1) is 0 Å². The minimum absolute atomic E-state index is 0.250. The molecular formula is C13H29N3O2S. The first-order valence-electron chi connectivity index (χ1n) is 7.33. The zero-order valence-corrected chi connectivity index (χ0v) is 13.3. The zero-order chi connectivity index (χ0) is 14.3. The summed E-state index contributed by atoms with van der Waals surface area (Å²) in [6.45, 7) is 7.44. The molecular weight excluding hydrogens is 262 g/mol. The molecule has 19 heavy (non-hydrogen) atoms. The molecule has 5 nitrogen and oxygen atoms in total. The van der Waals surface area contributed by atoms with E-state index in [1.165, 1.54) is 0 Å². The van der Waals surface area contributed by atoms with Crippen LogP contribution in [-0.2, 0) is 10.0 Å². The Morgan fingerprint density at radius 2 is 2.11 bits per heavy atom. The summed E-state index contributed by atoms with van der Waals surface area (Å²) >= 11 is 0. The molecule has 1 heterocycles. The fourth-order valence-electron chi connectivity index (χ4n) is 2.16. The Labute approximate surface area is 118 Å². The van der Waals surface area contributed by atoms with E-state index < -0.39 is 10.0 Å². The summed E-state index contributed by atoms with van der Waals surface area (Å²) in [5.41, 5.74) is 0. The molecule has 6 heteroatoms. The van der Waals surface area contributed by atoms with Crippen molar-refractivity contribution in [3.8, 4) is 0 Å². The second-order valence-electron chi connectivity index (χ2n) is 5.69. The first-order chi connectivity index (χ1) is 8.93. The van der Waals surface area contributed by atoms with Gasteiger partial charge in [0, 0.05) is 19.1 Å². The lowest BCUT2D eigenvalue weighted by Gasteiger charge is -2.23. The van der Waals surface area contributed by atoms with Crippen LogP contribution in [0.5, 0.6) is 0 Å². The minimum Gasteiger partial charge on any atom is -0.315 e. The maximum atomic E-state index is 12.0. The Bertz CT molecular complexity index is 338. The lowest BCUT2D eigenvalue weighted by Crippen LogP contribution is -2.44. The van der Waals surface area contributed by atoms with E-state index in [4.69, 9.17) is 0 Å². The van der Waals surface area contributed by atoms with Crippen LogP contribution in [0.4, 0.5) is 0 Å². The highest BCUT2D eigenvalue weighted by molar-refractivity contribution is 7.90. The van der Waals surface area contributed by atoms with Gasteiger partial charge in [0.25, 0.3) is 0 Å². The van der Waals surface area contributed by atoms with E-state index in [1.54, 1.807) is 0 Å². The third-order valence-electron chi connectivity index (χ3n) is 3.81. The summed E-state index contributed by atoms with van der Waals surface area (Å²) in [5, 5.41) is 2.89. The van der Waals surface area contributed by atoms with Crippen molar-refractivity contribution in [2.45, 2.75) is 50.8 Å². The largest absolute Gasteiger partial charge is 0.315 e. The van der Waals surface area contributed by atoms with Crippen LogP contribution < -0.4 is 10.0 Å². The van der Waals surface area contributed by atoms with Crippen molar-refractivity contribution < 1.29 is 8.42 Å². The number of hydrogen-bond donors (Lipinski definition) is 2. The van der Waals surface area contributed by atoms with Gasteiger partial charge in [-0.2, -0.15) is 0 Å². The van der Waals surface area contributed by atoms with E-state index in [2.05, 4.69) is 35.8 Å². The van der Waals surface area contributed by atoms with Crippen LogP contribution in [0.15, 0.2) is 0 Å². The molecule has 1 aliphatic rings. The molecule has 2 N–H and O–H groups in total. The van der Waals surface area contributed by atoms with Crippen LogP contribution in [0.2, 0.25) is 0 Å². The van der Waals surface area contributed by atoms with E-state index in [0.717, 1.165) is 38.8 Å². The molecule has 1 aliphatic heterocycles. The molecule has 1 saturated heterocycles. The number of nitrogens with one attached hydrogen (secondary N) is 2. The third-order valence-corrected chi connectivity index (χ3v) is 5.70. The van der Waals surface area contributed by atoms with Gasteiger partial charge in [-0.3, -0.25) is 0 Å². The molecule has 1 unspecified atom stereocenters. The standard InChI is InChI=1S/C13H29N3O2S/c1-12(2)16(3)10-5-4-9-15-19(17,18)13-7-6-8-14-11-13/h12-15H,4-11H2,1-3H3. The Balaban J connectivity index is 2.17. The van der Waals surface area contributed by atoms with Crippen LogP contribution in [0.3, 0.4) is 0 Å². The predicted molar refractivity (Wildman–Crippen MR) is 79.8 cm³/mol. The highest BCUT2D eigenvalue weighted by atomic mass is 32.2. The van der Waals surface area contributed by atoms with Crippen molar-refractivity contribution in [2.24, 2.45) is 0 Å². The number of hydrogen-bond acceptors (Lipinski definition) is 4. The van der Waals surface area contributed by atoms with Gasteiger partial charge < -0.3 is 10.2 Å². The maximum absolute atomic E-state index is 12.0. The van der Waals surface area contributed by atoms with E-state index in [0.29, 0.717) is 19.1 Å². The molecule has 0 radical (unpaired) electrons. The van der Waals surface area contributed by atoms with Crippen LogP contribution in [-0.4, -0.2) is 57.8 Å². The Kier molecular flexibility index (Phi) is 7.28. The van der Waals surface area contributed by atoms with Gasteiger partial charge in [-0.1, -0.05) is 0 Å². The van der Waals surface area contributed by atoms with Crippen molar-refractivity contribution in [1.82, 2.24) is 14.9 Å². The van der Waals surface area contributed by atoms with Gasteiger partial charge in [-0.25, -0.2) is 13.1 Å². The molecule has 0 bridgehead atoms. The quantitative estimate of drug-likeness (QED) is 0.649.